The minimum Gasteiger partial charge on any atom is -0.480 e. The van der Waals surface area contributed by atoms with E-state index in [-0.39, 0.29) is 0 Å². The minimum atomic E-state index is -1.41. The van der Waals surface area contributed by atoms with Gasteiger partial charge < -0.3 is 15.5 Å². The van der Waals surface area contributed by atoms with E-state index < -0.39 is 36.8 Å². The quantitative estimate of drug-likeness (QED) is 0.585. The molecule has 2 rings (SSSR count). The first-order chi connectivity index (χ1) is 9.52. The molecule has 2 aromatic rings. The van der Waals surface area contributed by atoms with Crippen molar-refractivity contribution in [2.45, 2.75) is 12.6 Å². The zero-order valence-electron chi connectivity index (χ0n) is 10.3. The lowest BCUT2D eigenvalue weighted by molar-refractivity contribution is -0.143. The van der Waals surface area contributed by atoms with E-state index in [1.807, 2.05) is 0 Å². The van der Waals surface area contributed by atoms with Gasteiger partial charge in [0.1, 0.15) is 12.6 Å². The third-order valence-electron chi connectivity index (χ3n) is 2.60. The molecule has 106 valence electrons. The fraction of sp³-hybridized carbons (Fsp3) is 0.273. The third kappa shape index (κ3) is 2.67. The second-order valence-corrected chi connectivity index (χ2v) is 4.01. The molecule has 2 heterocycles. The Morgan fingerprint density at radius 1 is 1.40 bits per heavy atom. The Balaban J connectivity index is 2.16. The summed E-state index contributed by atoms with van der Waals surface area (Å²) in [5.74, 6) is -2.08. The molecule has 1 atom stereocenters. The van der Waals surface area contributed by atoms with Crippen molar-refractivity contribution in [2.24, 2.45) is 0 Å². The van der Waals surface area contributed by atoms with Gasteiger partial charge in [-0.2, -0.15) is 0 Å². The molecule has 20 heavy (non-hydrogen) atoms. The molecular formula is C11H12N4O5. The first-order valence-corrected chi connectivity index (χ1v) is 5.70. The summed E-state index contributed by atoms with van der Waals surface area (Å²) in [5, 5.41) is 23.5. The van der Waals surface area contributed by atoms with Crippen molar-refractivity contribution >= 4 is 17.5 Å². The number of carbonyl (C=O) groups excluding carboxylic acids is 1. The van der Waals surface area contributed by atoms with Gasteiger partial charge >= 0.3 is 11.7 Å². The highest BCUT2D eigenvalue weighted by Gasteiger charge is 2.19. The van der Waals surface area contributed by atoms with Crippen molar-refractivity contribution in [1.82, 2.24) is 19.5 Å². The van der Waals surface area contributed by atoms with Crippen LogP contribution in [-0.4, -0.2) is 48.9 Å². The van der Waals surface area contributed by atoms with Gasteiger partial charge in [0.05, 0.1) is 6.61 Å². The predicted molar refractivity (Wildman–Crippen MR) is 66.1 cm³/mol. The van der Waals surface area contributed by atoms with Crippen LogP contribution >= 0.6 is 0 Å². The van der Waals surface area contributed by atoms with Gasteiger partial charge in [0, 0.05) is 6.20 Å². The molecule has 0 saturated heterocycles. The Kier molecular flexibility index (Phi) is 3.80. The number of aliphatic carboxylic acids is 1. The maximum absolute atomic E-state index is 11.9. The number of hydrogen-bond acceptors (Lipinski definition) is 5. The molecule has 0 aliphatic heterocycles. The van der Waals surface area contributed by atoms with Gasteiger partial charge in [0.2, 0.25) is 5.91 Å². The molecule has 0 radical (unpaired) electrons. The molecule has 0 fully saturated rings. The van der Waals surface area contributed by atoms with Gasteiger partial charge in [-0.3, -0.25) is 9.20 Å². The monoisotopic (exact) mass is 280 g/mol. The minimum absolute atomic E-state index is 0.377. The van der Waals surface area contributed by atoms with Gasteiger partial charge in [-0.15, -0.1) is 5.10 Å². The zero-order chi connectivity index (χ0) is 14.7. The van der Waals surface area contributed by atoms with Gasteiger partial charge in [-0.1, -0.05) is 6.07 Å². The fourth-order valence-electron chi connectivity index (χ4n) is 1.63. The highest BCUT2D eigenvalue weighted by atomic mass is 16.4. The van der Waals surface area contributed by atoms with E-state index >= 15 is 0 Å². The summed E-state index contributed by atoms with van der Waals surface area (Å²) in [6.07, 6.45) is 1.51. The summed E-state index contributed by atoms with van der Waals surface area (Å²) in [4.78, 5) is 34.2. The summed E-state index contributed by atoms with van der Waals surface area (Å²) >= 11 is 0. The number of carboxylic acids is 1. The van der Waals surface area contributed by atoms with Gasteiger partial charge in [-0.25, -0.2) is 14.3 Å². The van der Waals surface area contributed by atoms with Crippen LogP contribution in [0, 0.1) is 0 Å². The molecular weight excluding hydrogens is 268 g/mol. The van der Waals surface area contributed by atoms with E-state index in [0.717, 1.165) is 4.68 Å². The lowest BCUT2D eigenvalue weighted by Gasteiger charge is -2.10. The number of carboxylic acid groups (broad SMARTS) is 1. The highest BCUT2D eigenvalue weighted by Crippen LogP contribution is 1.95. The Labute approximate surface area is 112 Å². The van der Waals surface area contributed by atoms with E-state index in [2.05, 4.69) is 10.4 Å². The van der Waals surface area contributed by atoms with Crippen LogP contribution in [0.5, 0.6) is 0 Å². The molecule has 0 aliphatic carbocycles. The Morgan fingerprint density at radius 3 is 2.75 bits per heavy atom. The summed E-state index contributed by atoms with van der Waals surface area (Å²) in [6.45, 7) is -1.16. The van der Waals surface area contributed by atoms with E-state index in [1.54, 1.807) is 18.2 Å². The van der Waals surface area contributed by atoms with Crippen LogP contribution in [0.25, 0.3) is 5.65 Å². The van der Waals surface area contributed by atoms with Crippen LogP contribution < -0.4 is 11.0 Å². The molecule has 2 aromatic heterocycles. The Hall–Kier alpha value is -2.68. The number of fused-ring (bicyclic) bond motifs is 1. The summed E-state index contributed by atoms with van der Waals surface area (Å²) < 4.78 is 2.18. The normalized spacial score (nSPS) is 12.2. The molecule has 0 aromatic carbocycles. The number of amides is 1. The van der Waals surface area contributed by atoms with Crippen LogP contribution in [0.1, 0.15) is 0 Å². The van der Waals surface area contributed by atoms with Crippen molar-refractivity contribution < 1.29 is 19.8 Å². The molecule has 9 nitrogen and oxygen atoms in total. The van der Waals surface area contributed by atoms with Crippen molar-refractivity contribution in [2.75, 3.05) is 6.61 Å². The molecule has 1 amide bonds. The van der Waals surface area contributed by atoms with E-state index in [1.165, 1.54) is 10.6 Å². The molecule has 0 bridgehead atoms. The van der Waals surface area contributed by atoms with E-state index in [9.17, 15) is 14.4 Å². The maximum atomic E-state index is 11.9. The van der Waals surface area contributed by atoms with E-state index in [0.29, 0.717) is 5.65 Å². The summed E-state index contributed by atoms with van der Waals surface area (Å²) in [6, 6.07) is 3.53. The van der Waals surface area contributed by atoms with Crippen molar-refractivity contribution in [3.63, 3.8) is 0 Å². The van der Waals surface area contributed by atoms with E-state index in [4.69, 9.17) is 10.2 Å². The standard InChI is InChI=1S/C11H12N4O5/c16-6-7(10(18)19)12-9(17)5-15-11(20)14-4-2-1-3-8(14)13-15/h1-4,7,16H,5-6H2,(H,12,17)(H,18,19)/t7-/m1/s1. The highest BCUT2D eigenvalue weighted by molar-refractivity contribution is 5.83. The number of nitrogens with zero attached hydrogens (tertiary/aromatic N) is 3. The van der Waals surface area contributed by atoms with Crippen LogP contribution in [0.3, 0.4) is 0 Å². The first-order valence-electron chi connectivity index (χ1n) is 5.70. The summed E-state index contributed by atoms with van der Waals surface area (Å²) in [5.41, 5.74) is -0.131. The molecule has 0 aliphatic rings. The molecule has 9 heteroatoms. The largest absolute Gasteiger partial charge is 0.480 e. The van der Waals surface area contributed by atoms with Crippen molar-refractivity contribution in [3.05, 3.63) is 34.9 Å². The molecule has 0 saturated carbocycles. The van der Waals surface area contributed by atoms with Gasteiger partial charge in [-0.05, 0) is 12.1 Å². The number of rotatable bonds is 5. The maximum Gasteiger partial charge on any atom is 0.350 e. The van der Waals surface area contributed by atoms with Crippen LogP contribution in [0.15, 0.2) is 29.2 Å². The number of pyridine rings is 1. The van der Waals surface area contributed by atoms with Crippen LogP contribution in [-0.2, 0) is 16.1 Å². The molecule has 0 spiro atoms. The average molecular weight is 280 g/mol. The van der Waals surface area contributed by atoms with Gasteiger partial charge in [0.25, 0.3) is 0 Å². The lowest BCUT2D eigenvalue weighted by Crippen LogP contribution is -2.45. The zero-order valence-corrected chi connectivity index (χ0v) is 10.3. The van der Waals surface area contributed by atoms with Gasteiger partial charge in [0.15, 0.2) is 5.65 Å². The average Bonchev–Trinajstić information content (AvgIpc) is 2.73. The van der Waals surface area contributed by atoms with Crippen LogP contribution in [0.4, 0.5) is 0 Å². The van der Waals surface area contributed by atoms with Crippen LogP contribution in [0.2, 0.25) is 0 Å². The topological polar surface area (TPSA) is 126 Å². The number of hydrogen-bond donors (Lipinski definition) is 3. The van der Waals surface area contributed by atoms with Crippen molar-refractivity contribution in [3.8, 4) is 0 Å². The Bertz CT molecular complexity index is 704. The first kappa shape index (κ1) is 13.7. The number of nitrogens with one attached hydrogen (secondary N) is 1. The number of carbonyl (C=O) groups is 2. The van der Waals surface area contributed by atoms with Crippen molar-refractivity contribution in [1.29, 1.82) is 0 Å². The summed E-state index contributed by atoms with van der Waals surface area (Å²) in [7, 11) is 0. The second kappa shape index (κ2) is 5.53. The fourth-order valence-corrected chi connectivity index (χ4v) is 1.63. The predicted octanol–water partition coefficient (Wildman–Crippen LogP) is -1.94. The molecule has 0 unspecified atom stereocenters. The number of aromatic nitrogens is 3. The lowest BCUT2D eigenvalue weighted by atomic mass is 10.3. The number of aliphatic hydroxyl groups excluding tert-OH is 1. The molecule has 3 N–H and O–H groups in total. The smallest absolute Gasteiger partial charge is 0.350 e. The SMILES string of the molecule is O=C(Cn1nc2ccccn2c1=O)N[C@H](CO)C(=O)O. The third-order valence-corrected chi connectivity index (χ3v) is 2.60. The Morgan fingerprint density at radius 2 is 2.15 bits per heavy atom. The number of aliphatic hydroxyl groups is 1. The second-order valence-electron chi connectivity index (χ2n) is 4.01.